The maximum absolute atomic E-state index is 12.6. The molecule has 1 amide bonds. The number of para-hydroxylation sites is 1. The van der Waals surface area contributed by atoms with E-state index in [9.17, 15) is 4.79 Å². The first-order valence-corrected chi connectivity index (χ1v) is 8.92. The van der Waals surface area contributed by atoms with Crippen molar-refractivity contribution >= 4 is 5.91 Å². The number of methoxy groups -OCH3 is 1. The average molecular weight is 381 g/mol. The molecule has 0 bridgehead atoms. The molecule has 2 aromatic carbocycles. The Balaban J connectivity index is 1.62. The minimum atomic E-state index is -0.630. The first-order chi connectivity index (χ1) is 13.5. The Morgan fingerprint density at radius 1 is 1.18 bits per heavy atom. The Hall–Kier alpha value is -3.35. The predicted octanol–water partition coefficient (Wildman–Crippen LogP) is 3.48. The highest BCUT2D eigenvalue weighted by Crippen LogP contribution is 2.21. The standard InChI is InChI=1S/C21H23N3O4/c1-14-7-5-6-8-18(14)27-15(2)21(25)24(3)13-19-22-20(23-28-19)16-9-11-17(26-4)12-10-16/h5-12,15H,13H2,1-4H3/t15-/m0/s1. The van der Waals surface area contributed by atoms with Gasteiger partial charge in [-0.25, -0.2) is 0 Å². The van der Waals surface area contributed by atoms with E-state index in [1.165, 1.54) is 4.90 Å². The summed E-state index contributed by atoms with van der Waals surface area (Å²) in [4.78, 5) is 18.5. The maximum atomic E-state index is 12.6. The molecule has 0 saturated heterocycles. The lowest BCUT2D eigenvalue weighted by molar-refractivity contribution is -0.137. The molecular weight excluding hydrogens is 358 g/mol. The molecule has 0 aliphatic carbocycles. The fraction of sp³-hybridized carbons (Fsp3) is 0.286. The van der Waals surface area contributed by atoms with E-state index >= 15 is 0 Å². The van der Waals surface area contributed by atoms with Crippen molar-refractivity contribution in [3.63, 3.8) is 0 Å². The number of aryl methyl sites for hydroxylation is 1. The number of carbonyl (C=O) groups excluding carboxylic acids is 1. The van der Waals surface area contributed by atoms with E-state index in [0.717, 1.165) is 16.9 Å². The third-order valence-corrected chi connectivity index (χ3v) is 4.31. The van der Waals surface area contributed by atoms with Gasteiger partial charge in [0.25, 0.3) is 5.91 Å². The third kappa shape index (κ3) is 4.49. The van der Waals surface area contributed by atoms with Crippen LogP contribution in [0, 0.1) is 6.92 Å². The van der Waals surface area contributed by atoms with Crippen LogP contribution in [-0.2, 0) is 11.3 Å². The Morgan fingerprint density at radius 2 is 1.89 bits per heavy atom. The molecular formula is C21H23N3O4. The SMILES string of the molecule is COc1ccc(-c2noc(CN(C)C(=O)[C@H](C)Oc3ccccc3C)n2)cc1. The number of hydrogen-bond acceptors (Lipinski definition) is 6. The number of likely N-dealkylation sites (N-methyl/N-ethyl adjacent to an activating group) is 1. The lowest BCUT2D eigenvalue weighted by atomic mass is 10.2. The number of rotatable bonds is 7. The molecule has 0 N–H and O–H groups in total. The molecule has 1 atom stereocenters. The first kappa shape index (κ1) is 19.4. The summed E-state index contributed by atoms with van der Waals surface area (Å²) in [6.07, 6.45) is -0.630. The van der Waals surface area contributed by atoms with Gasteiger partial charge in [0, 0.05) is 12.6 Å². The number of nitrogens with zero attached hydrogens (tertiary/aromatic N) is 3. The zero-order valence-electron chi connectivity index (χ0n) is 16.4. The van der Waals surface area contributed by atoms with Crippen molar-refractivity contribution in [2.75, 3.05) is 14.2 Å². The summed E-state index contributed by atoms with van der Waals surface area (Å²) in [6.45, 7) is 3.86. The van der Waals surface area contributed by atoms with Crippen LogP contribution in [0.4, 0.5) is 0 Å². The summed E-state index contributed by atoms with van der Waals surface area (Å²) in [5, 5.41) is 3.98. The molecule has 1 aromatic heterocycles. The van der Waals surface area contributed by atoms with Crippen molar-refractivity contribution < 1.29 is 18.8 Å². The molecule has 0 fully saturated rings. The van der Waals surface area contributed by atoms with Crippen LogP contribution in [0.3, 0.4) is 0 Å². The van der Waals surface area contributed by atoms with Crippen LogP contribution in [0.5, 0.6) is 11.5 Å². The molecule has 7 heteroatoms. The molecule has 0 aliphatic rings. The minimum absolute atomic E-state index is 0.174. The second-order valence-electron chi connectivity index (χ2n) is 6.46. The molecule has 28 heavy (non-hydrogen) atoms. The number of ether oxygens (including phenoxy) is 2. The summed E-state index contributed by atoms with van der Waals surface area (Å²) in [7, 11) is 3.29. The van der Waals surface area contributed by atoms with Gasteiger partial charge in [0.15, 0.2) is 6.10 Å². The second kappa shape index (κ2) is 8.56. The maximum Gasteiger partial charge on any atom is 0.263 e. The van der Waals surface area contributed by atoms with Crippen LogP contribution < -0.4 is 9.47 Å². The van der Waals surface area contributed by atoms with Gasteiger partial charge < -0.3 is 18.9 Å². The van der Waals surface area contributed by atoms with Crippen LogP contribution in [0.15, 0.2) is 53.1 Å². The summed E-state index contributed by atoms with van der Waals surface area (Å²) < 4.78 is 16.2. The molecule has 3 aromatic rings. The van der Waals surface area contributed by atoms with Gasteiger partial charge in [-0.3, -0.25) is 4.79 Å². The van der Waals surface area contributed by atoms with Gasteiger partial charge in [-0.15, -0.1) is 0 Å². The van der Waals surface area contributed by atoms with E-state index in [2.05, 4.69) is 10.1 Å². The van der Waals surface area contributed by atoms with Crippen LogP contribution in [-0.4, -0.2) is 41.2 Å². The molecule has 0 radical (unpaired) electrons. The molecule has 1 heterocycles. The Kier molecular flexibility index (Phi) is 5.93. The topological polar surface area (TPSA) is 77.7 Å². The summed E-state index contributed by atoms with van der Waals surface area (Å²) in [5.41, 5.74) is 1.78. The van der Waals surface area contributed by atoms with E-state index < -0.39 is 6.10 Å². The number of hydrogen-bond donors (Lipinski definition) is 0. The quantitative estimate of drug-likeness (QED) is 0.624. The van der Waals surface area contributed by atoms with Crippen molar-refractivity contribution in [1.82, 2.24) is 15.0 Å². The van der Waals surface area contributed by atoms with Crippen LogP contribution in [0.25, 0.3) is 11.4 Å². The van der Waals surface area contributed by atoms with E-state index in [0.29, 0.717) is 17.5 Å². The van der Waals surface area contributed by atoms with Gasteiger partial charge in [0.1, 0.15) is 11.5 Å². The lowest BCUT2D eigenvalue weighted by Crippen LogP contribution is -2.37. The first-order valence-electron chi connectivity index (χ1n) is 8.92. The highest BCUT2D eigenvalue weighted by molar-refractivity contribution is 5.80. The molecule has 0 aliphatic heterocycles. The monoisotopic (exact) mass is 381 g/mol. The van der Waals surface area contributed by atoms with Crippen molar-refractivity contribution in [1.29, 1.82) is 0 Å². The van der Waals surface area contributed by atoms with Crippen LogP contribution in [0.2, 0.25) is 0 Å². The molecule has 3 rings (SSSR count). The fourth-order valence-electron chi connectivity index (χ4n) is 2.70. The fourth-order valence-corrected chi connectivity index (χ4v) is 2.70. The molecule has 7 nitrogen and oxygen atoms in total. The van der Waals surface area contributed by atoms with Crippen LogP contribution in [0.1, 0.15) is 18.4 Å². The number of carbonyl (C=O) groups is 1. The summed E-state index contributed by atoms with van der Waals surface area (Å²) in [6, 6.07) is 14.9. The Bertz CT molecular complexity index is 937. The van der Waals surface area contributed by atoms with E-state index in [1.54, 1.807) is 21.1 Å². The van der Waals surface area contributed by atoms with Gasteiger partial charge >= 0.3 is 0 Å². The molecule has 0 saturated carbocycles. The van der Waals surface area contributed by atoms with Gasteiger partial charge in [0.05, 0.1) is 13.7 Å². The lowest BCUT2D eigenvalue weighted by Gasteiger charge is -2.21. The Labute approximate surface area is 163 Å². The van der Waals surface area contributed by atoms with E-state index in [-0.39, 0.29) is 12.5 Å². The minimum Gasteiger partial charge on any atom is -0.497 e. The van der Waals surface area contributed by atoms with Crippen molar-refractivity contribution in [3.05, 3.63) is 60.0 Å². The molecule has 0 spiro atoms. The number of benzene rings is 2. The zero-order valence-corrected chi connectivity index (χ0v) is 16.4. The number of amides is 1. The smallest absolute Gasteiger partial charge is 0.263 e. The third-order valence-electron chi connectivity index (χ3n) is 4.31. The normalized spacial score (nSPS) is 11.7. The Morgan fingerprint density at radius 3 is 2.57 bits per heavy atom. The summed E-state index contributed by atoms with van der Waals surface area (Å²) >= 11 is 0. The van der Waals surface area contributed by atoms with Gasteiger partial charge in [-0.1, -0.05) is 23.4 Å². The average Bonchev–Trinajstić information content (AvgIpc) is 3.17. The van der Waals surface area contributed by atoms with Crippen molar-refractivity contribution in [2.45, 2.75) is 26.5 Å². The van der Waals surface area contributed by atoms with Gasteiger partial charge in [-0.2, -0.15) is 4.98 Å². The van der Waals surface area contributed by atoms with E-state index in [1.807, 2.05) is 55.5 Å². The second-order valence-corrected chi connectivity index (χ2v) is 6.46. The van der Waals surface area contributed by atoms with Gasteiger partial charge in [0.2, 0.25) is 11.7 Å². The zero-order chi connectivity index (χ0) is 20.1. The largest absolute Gasteiger partial charge is 0.497 e. The van der Waals surface area contributed by atoms with E-state index in [4.69, 9.17) is 14.0 Å². The summed E-state index contributed by atoms with van der Waals surface area (Å²) in [5.74, 6) is 2.08. The van der Waals surface area contributed by atoms with Gasteiger partial charge in [-0.05, 0) is 49.7 Å². The predicted molar refractivity (Wildman–Crippen MR) is 104 cm³/mol. The number of aromatic nitrogens is 2. The molecule has 146 valence electrons. The van der Waals surface area contributed by atoms with Crippen molar-refractivity contribution in [3.8, 4) is 22.9 Å². The van der Waals surface area contributed by atoms with Crippen molar-refractivity contribution in [2.24, 2.45) is 0 Å². The molecule has 0 unspecified atom stereocenters. The van der Waals surface area contributed by atoms with Crippen LogP contribution >= 0.6 is 0 Å². The highest BCUT2D eigenvalue weighted by Gasteiger charge is 2.22. The highest BCUT2D eigenvalue weighted by atomic mass is 16.5.